The van der Waals surface area contributed by atoms with Crippen molar-refractivity contribution in [3.05, 3.63) is 65.2 Å². The largest absolute Gasteiger partial charge is 0.341 e. The van der Waals surface area contributed by atoms with Crippen LogP contribution in [0.25, 0.3) is 0 Å². The van der Waals surface area contributed by atoms with Crippen molar-refractivity contribution in [2.75, 3.05) is 13.6 Å². The normalized spacial score (nSPS) is 9.67. The van der Waals surface area contributed by atoms with E-state index in [1.807, 2.05) is 6.92 Å². The molecule has 2 rings (SSSR count). The van der Waals surface area contributed by atoms with E-state index in [1.54, 1.807) is 42.4 Å². The topological polar surface area (TPSA) is 33.2 Å². The summed E-state index contributed by atoms with van der Waals surface area (Å²) in [6.45, 7) is 2.53. The summed E-state index contributed by atoms with van der Waals surface area (Å²) in [7, 11) is 1.72. The zero-order chi connectivity index (χ0) is 15.2. The molecular formula is C17H15FN2O. The smallest absolute Gasteiger partial charge is 0.272 e. The second kappa shape index (κ2) is 6.67. The highest BCUT2D eigenvalue weighted by molar-refractivity contribution is 5.92. The summed E-state index contributed by atoms with van der Waals surface area (Å²) in [5.41, 5.74) is 1.66. The number of benzene rings is 1. The van der Waals surface area contributed by atoms with Gasteiger partial charge in [-0.3, -0.25) is 4.79 Å². The Labute approximate surface area is 123 Å². The van der Waals surface area contributed by atoms with Crippen LogP contribution in [0.1, 0.15) is 28.5 Å². The fourth-order valence-corrected chi connectivity index (χ4v) is 1.64. The molecule has 0 aliphatic carbocycles. The third kappa shape index (κ3) is 3.90. The van der Waals surface area contributed by atoms with Crippen molar-refractivity contribution in [3.8, 4) is 11.8 Å². The van der Waals surface area contributed by atoms with Crippen molar-refractivity contribution in [1.82, 2.24) is 9.88 Å². The van der Waals surface area contributed by atoms with Crippen LogP contribution in [0.5, 0.6) is 0 Å². The minimum atomic E-state index is -0.316. The lowest BCUT2D eigenvalue weighted by molar-refractivity contribution is 0.0796. The molecule has 0 fully saturated rings. The fourth-order valence-electron chi connectivity index (χ4n) is 1.64. The molecule has 0 spiro atoms. The van der Waals surface area contributed by atoms with Gasteiger partial charge in [0.05, 0.1) is 0 Å². The number of hydrogen-bond acceptors (Lipinski definition) is 2. The molecular weight excluding hydrogens is 267 g/mol. The monoisotopic (exact) mass is 282 g/mol. The fraction of sp³-hybridized carbons (Fsp3) is 0.176. The van der Waals surface area contributed by atoms with Gasteiger partial charge in [0, 0.05) is 30.9 Å². The molecule has 1 amide bonds. The zero-order valence-electron chi connectivity index (χ0n) is 11.9. The van der Waals surface area contributed by atoms with E-state index < -0.39 is 0 Å². The van der Waals surface area contributed by atoms with E-state index in [-0.39, 0.29) is 11.7 Å². The molecule has 0 radical (unpaired) electrons. The minimum absolute atomic E-state index is 0.123. The van der Waals surface area contributed by atoms with Gasteiger partial charge in [0.25, 0.3) is 5.91 Å². The van der Waals surface area contributed by atoms with E-state index in [0.29, 0.717) is 23.4 Å². The molecule has 1 heterocycles. The number of carbonyl (C=O) groups excluding carboxylic acids is 1. The molecule has 2 aromatic rings. The molecule has 0 N–H and O–H groups in total. The first-order valence-corrected chi connectivity index (χ1v) is 6.59. The van der Waals surface area contributed by atoms with Gasteiger partial charge in [-0.15, -0.1) is 0 Å². The average Bonchev–Trinajstić information content (AvgIpc) is 2.52. The summed E-state index contributed by atoms with van der Waals surface area (Å²) < 4.78 is 13.0. The maximum atomic E-state index is 13.0. The second-order valence-corrected chi connectivity index (χ2v) is 4.51. The van der Waals surface area contributed by atoms with Gasteiger partial charge in [-0.1, -0.05) is 17.9 Å². The van der Waals surface area contributed by atoms with Crippen LogP contribution in [0, 0.1) is 17.7 Å². The van der Waals surface area contributed by atoms with Gasteiger partial charge in [0.2, 0.25) is 0 Å². The minimum Gasteiger partial charge on any atom is -0.341 e. The first-order valence-electron chi connectivity index (χ1n) is 6.59. The van der Waals surface area contributed by atoms with Gasteiger partial charge < -0.3 is 4.90 Å². The lowest BCUT2D eigenvalue weighted by Gasteiger charge is -2.13. The van der Waals surface area contributed by atoms with Crippen molar-refractivity contribution in [3.63, 3.8) is 0 Å². The van der Waals surface area contributed by atoms with Crippen LogP contribution in [0.2, 0.25) is 0 Å². The molecule has 3 nitrogen and oxygen atoms in total. The SMILES string of the molecule is CCN(C)C(=O)c1ccc(C#Cc2cccc(F)c2)cn1. The third-order valence-electron chi connectivity index (χ3n) is 2.98. The highest BCUT2D eigenvalue weighted by Gasteiger charge is 2.10. The van der Waals surface area contributed by atoms with E-state index >= 15 is 0 Å². The van der Waals surface area contributed by atoms with E-state index in [0.717, 1.165) is 0 Å². The van der Waals surface area contributed by atoms with Gasteiger partial charge in [0.1, 0.15) is 11.5 Å². The summed E-state index contributed by atoms with van der Waals surface area (Å²) in [5, 5.41) is 0. The predicted molar refractivity (Wildman–Crippen MR) is 79.3 cm³/mol. The number of halogens is 1. The van der Waals surface area contributed by atoms with Crippen LogP contribution in [0.4, 0.5) is 4.39 Å². The first-order chi connectivity index (χ1) is 10.1. The average molecular weight is 282 g/mol. The van der Waals surface area contributed by atoms with Crippen molar-refractivity contribution in [2.45, 2.75) is 6.92 Å². The number of hydrogen-bond donors (Lipinski definition) is 0. The number of amides is 1. The number of carbonyl (C=O) groups is 1. The molecule has 0 bridgehead atoms. The maximum Gasteiger partial charge on any atom is 0.272 e. The molecule has 0 aliphatic heterocycles. The van der Waals surface area contributed by atoms with Gasteiger partial charge in [-0.2, -0.15) is 0 Å². The summed E-state index contributed by atoms with van der Waals surface area (Å²) in [5.74, 6) is 5.31. The van der Waals surface area contributed by atoms with Crippen molar-refractivity contribution in [2.24, 2.45) is 0 Å². The quantitative estimate of drug-likeness (QED) is 0.793. The Kier molecular flexibility index (Phi) is 4.68. The maximum absolute atomic E-state index is 13.0. The first kappa shape index (κ1) is 14.7. The lowest BCUT2D eigenvalue weighted by atomic mass is 10.2. The van der Waals surface area contributed by atoms with Gasteiger partial charge >= 0.3 is 0 Å². The summed E-state index contributed by atoms with van der Waals surface area (Å²) in [6, 6.07) is 9.46. The van der Waals surface area contributed by atoms with Crippen LogP contribution in [-0.2, 0) is 0 Å². The molecule has 0 saturated carbocycles. The van der Waals surface area contributed by atoms with Crippen molar-refractivity contribution < 1.29 is 9.18 Å². The van der Waals surface area contributed by atoms with E-state index in [2.05, 4.69) is 16.8 Å². The lowest BCUT2D eigenvalue weighted by Crippen LogP contribution is -2.26. The Hall–Kier alpha value is -2.67. The Morgan fingerprint density at radius 1 is 1.24 bits per heavy atom. The van der Waals surface area contributed by atoms with Crippen molar-refractivity contribution >= 4 is 5.91 Å². The molecule has 21 heavy (non-hydrogen) atoms. The van der Waals surface area contributed by atoms with Gasteiger partial charge in [0.15, 0.2) is 0 Å². The highest BCUT2D eigenvalue weighted by atomic mass is 19.1. The van der Waals surface area contributed by atoms with Crippen LogP contribution < -0.4 is 0 Å². The molecule has 1 aromatic heterocycles. The Bertz CT molecular complexity index is 699. The number of aromatic nitrogens is 1. The van der Waals surface area contributed by atoms with Crippen LogP contribution in [0.3, 0.4) is 0 Å². The Morgan fingerprint density at radius 2 is 2.00 bits per heavy atom. The zero-order valence-corrected chi connectivity index (χ0v) is 11.9. The molecule has 1 aromatic carbocycles. The van der Waals surface area contributed by atoms with E-state index in [1.165, 1.54) is 12.1 Å². The van der Waals surface area contributed by atoms with Crippen LogP contribution in [-0.4, -0.2) is 29.4 Å². The Morgan fingerprint density at radius 3 is 2.62 bits per heavy atom. The van der Waals surface area contributed by atoms with Crippen LogP contribution >= 0.6 is 0 Å². The third-order valence-corrected chi connectivity index (χ3v) is 2.98. The Balaban J connectivity index is 2.15. The van der Waals surface area contributed by atoms with E-state index in [4.69, 9.17) is 0 Å². The molecule has 0 saturated heterocycles. The van der Waals surface area contributed by atoms with Gasteiger partial charge in [-0.05, 0) is 37.3 Å². The van der Waals surface area contributed by atoms with Crippen LogP contribution in [0.15, 0.2) is 42.6 Å². The highest BCUT2D eigenvalue weighted by Crippen LogP contribution is 2.04. The standard InChI is InChI=1S/C17H15FN2O/c1-3-20(2)17(21)16-10-9-14(12-19-16)8-7-13-5-4-6-15(18)11-13/h4-6,9-12H,3H2,1-2H3. The molecule has 0 aliphatic rings. The number of nitrogens with zero attached hydrogens (tertiary/aromatic N) is 2. The summed E-state index contributed by atoms with van der Waals surface area (Å²) in [6.07, 6.45) is 1.54. The molecule has 0 atom stereocenters. The molecule has 4 heteroatoms. The number of pyridine rings is 1. The molecule has 0 unspecified atom stereocenters. The predicted octanol–water partition coefficient (Wildman–Crippen LogP) is 2.71. The second-order valence-electron chi connectivity index (χ2n) is 4.51. The van der Waals surface area contributed by atoms with E-state index in [9.17, 15) is 9.18 Å². The summed E-state index contributed by atoms with van der Waals surface area (Å²) in [4.78, 5) is 17.6. The molecule has 106 valence electrons. The van der Waals surface area contributed by atoms with Crippen molar-refractivity contribution in [1.29, 1.82) is 0 Å². The van der Waals surface area contributed by atoms with Gasteiger partial charge in [-0.25, -0.2) is 9.37 Å². The number of rotatable bonds is 2. The summed E-state index contributed by atoms with van der Waals surface area (Å²) >= 11 is 0.